The number of carbonyl (C=O) groups excluding carboxylic acids is 1. The van der Waals surface area contributed by atoms with Crippen LogP contribution in [0, 0.1) is 0 Å². The Morgan fingerprint density at radius 1 is 1.08 bits per heavy atom. The lowest BCUT2D eigenvalue weighted by molar-refractivity contribution is -0.117. The van der Waals surface area contributed by atoms with Crippen LogP contribution >= 0.6 is 15.9 Å². The predicted molar refractivity (Wildman–Crippen MR) is 108 cm³/mol. The summed E-state index contributed by atoms with van der Waals surface area (Å²) in [5.74, 6) is -0.410. The number of rotatable bonds is 8. The van der Waals surface area contributed by atoms with Gasteiger partial charge in [0.1, 0.15) is 0 Å². The van der Waals surface area contributed by atoms with Crippen molar-refractivity contribution in [2.75, 3.05) is 5.32 Å². The highest BCUT2D eigenvalue weighted by Crippen LogP contribution is 2.16. The lowest BCUT2D eigenvalue weighted by Crippen LogP contribution is -2.41. The zero-order valence-corrected chi connectivity index (χ0v) is 17.2. The molecule has 1 amide bonds. The second-order valence-corrected chi connectivity index (χ2v) is 8.72. The zero-order valence-electron chi connectivity index (χ0n) is 14.8. The molecule has 0 saturated heterocycles. The fraction of sp³-hybridized carbons (Fsp3) is 0.316. The van der Waals surface area contributed by atoms with Crippen LogP contribution in [0.3, 0.4) is 0 Å². The summed E-state index contributed by atoms with van der Waals surface area (Å²) in [7, 11) is -3.76. The zero-order chi connectivity index (χ0) is 19.2. The van der Waals surface area contributed by atoms with Gasteiger partial charge in [0.05, 0.1) is 10.9 Å². The molecule has 5 nitrogen and oxygen atoms in total. The van der Waals surface area contributed by atoms with E-state index in [2.05, 4.69) is 32.9 Å². The van der Waals surface area contributed by atoms with Crippen molar-refractivity contribution in [3.63, 3.8) is 0 Å². The van der Waals surface area contributed by atoms with Crippen LogP contribution in [0.1, 0.15) is 32.3 Å². The number of hydrogen-bond acceptors (Lipinski definition) is 3. The van der Waals surface area contributed by atoms with Crippen molar-refractivity contribution < 1.29 is 13.2 Å². The first-order chi connectivity index (χ1) is 12.3. The molecule has 1 atom stereocenters. The third-order valence-electron chi connectivity index (χ3n) is 3.89. The van der Waals surface area contributed by atoms with E-state index in [9.17, 15) is 13.2 Å². The maximum Gasteiger partial charge on any atom is 0.242 e. The first-order valence-corrected chi connectivity index (χ1v) is 10.8. The lowest BCUT2D eigenvalue weighted by atomic mass is 10.1. The molecule has 0 bridgehead atoms. The molecule has 0 aliphatic rings. The Kier molecular flexibility index (Phi) is 7.37. The minimum atomic E-state index is -3.76. The fourth-order valence-electron chi connectivity index (χ4n) is 2.35. The fourth-order valence-corrected chi connectivity index (χ4v) is 3.82. The van der Waals surface area contributed by atoms with Crippen LogP contribution in [0.4, 0.5) is 5.69 Å². The van der Waals surface area contributed by atoms with E-state index in [0.29, 0.717) is 5.69 Å². The Morgan fingerprint density at radius 3 is 2.27 bits per heavy atom. The number of halogens is 1. The highest BCUT2D eigenvalue weighted by Gasteiger charge is 2.22. The van der Waals surface area contributed by atoms with Gasteiger partial charge in [-0.25, -0.2) is 8.42 Å². The quantitative estimate of drug-likeness (QED) is 0.651. The molecule has 2 rings (SSSR count). The Balaban J connectivity index is 1.97. The van der Waals surface area contributed by atoms with E-state index in [1.54, 1.807) is 12.1 Å². The number of sulfonamides is 1. The summed E-state index contributed by atoms with van der Waals surface area (Å²) < 4.78 is 27.9. The second kappa shape index (κ2) is 9.30. The largest absolute Gasteiger partial charge is 0.325 e. The Labute approximate surface area is 163 Å². The van der Waals surface area contributed by atoms with Gasteiger partial charge in [-0.15, -0.1) is 0 Å². The van der Waals surface area contributed by atoms with Gasteiger partial charge in [-0.3, -0.25) is 4.79 Å². The summed E-state index contributed by atoms with van der Waals surface area (Å²) in [5.41, 5.74) is 1.86. The van der Waals surface area contributed by atoms with Crippen molar-refractivity contribution in [1.82, 2.24) is 4.72 Å². The average Bonchev–Trinajstić information content (AvgIpc) is 2.61. The molecule has 2 aromatic carbocycles. The number of aryl methyl sites for hydroxylation is 1. The van der Waals surface area contributed by atoms with Gasteiger partial charge < -0.3 is 5.32 Å². The molecule has 0 radical (unpaired) electrons. The van der Waals surface area contributed by atoms with Crippen LogP contribution in [0.25, 0.3) is 0 Å². The van der Waals surface area contributed by atoms with E-state index in [0.717, 1.165) is 23.7 Å². The van der Waals surface area contributed by atoms with Gasteiger partial charge in [0.2, 0.25) is 15.9 Å². The molecular weight excluding hydrogens is 416 g/mol. The molecule has 0 fully saturated rings. The number of anilines is 1. The van der Waals surface area contributed by atoms with Crippen LogP contribution in [-0.4, -0.2) is 20.4 Å². The van der Waals surface area contributed by atoms with E-state index in [4.69, 9.17) is 0 Å². The summed E-state index contributed by atoms with van der Waals surface area (Å²) in [6.07, 6.45) is 3.27. The first kappa shape index (κ1) is 20.6. The van der Waals surface area contributed by atoms with Crippen LogP contribution in [-0.2, 0) is 21.2 Å². The Bertz CT molecular complexity index is 834. The van der Waals surface area contributed by atoms with Crippen LogP contribution in [0.2, 0.25) is 0 Å². The smallest absolute Gasteiger partial charge is 0.242 e. The summed E-state index contributed by atoms with van der Waals surface area (Å²) in [4.78, 5) is 12.4. The summed E-state index contributed by atoms with van der Waals surface area (Å²) in [6, 6.07) is 12.9. The predicted octanol–water partition coefficient (Wildman–Crippen LogP) is 4.10. The molecule has 0 aromatic heterocycles. The first-order valence-electron chi connectivity index (χ1n) is 8.49. The topological polar surface area (TPSA) is 75.3 Å². The maximum absolute atomic E-state index is 12.3. The van der Waals surface area contributed by atoms with Gasteiger partial charge in [0.15, 0.2) is 0 Å². The van der Waals surface area contributed by atoms with Gasteiger partial charge in [0.25, 0.3) is 0 Å². The maximum atomic E-state index is 12.3. The molecule has 26 heavy (non-hydrogen) atoms. The average molecular weight is 439 g/mol. The highest BCUT2D eigenvalue weighted by molar-refractivity contribution is 9.10. The van der Waals surface area contributed by atoms with Gasteiger partial charge in [-0.2, -0.15) is 4.72 Å². The number of carbonyl (C=O) groups is 1. The number of amides is 1. The molecule has 0 aliphatic heterocycles. The van der Waals surface area contributed by atoms with E-state index in [-0.39, 0.29) is 4.90 Å². The number of benzene rings is 2. The van der Waals surface area contributed by atoms with Gasteiger partial charge in [-0.1, -0.05) is 41.4 Å². The molecule has 7 heteroatoms. The lowest BCUT2D eigenvalue weighted by Gasteiger charge is -2.15. The minimum absolute atomic E-state index is 0.112. The van der Waals surface area contributed by atoms with Crippen LogP contribution < -0.4 is 10.0 Å². The number of unbranched alkanes of at least 4 members (excludes halogenated alkanes) is 1. The van der Waals surface area contributed by atoms with E-state index in [1.165, 1.54) is 24.6 Å². The molecule has 0 saturated carbocycles. The summed E-state index contributed by atoms with van der Waals surface area (Å²) >= 11 is 3.26. The van der Waals surface area contributed by atoms with Gasteiger partial charge in [0, 0.05) is 10.2 Å². The molecule has 140 valence electrons. The Morgan fingerprint density at radius 2 is 1.69 bits per heavy atom. The van der Waals surface area contributed by atoms with E-state index < -0.39 is 22.0 Å². The summed E-state index contributed by atoms with van der Waals surface area (Å²) in [5, 5.41) is 2.73. The van der Waals surface area contributed by atoms with Crippen LogP contribution in [0.15, 0.2) is 57.9 Å². The second-order valence-electron chi connectivity index (χ2n) is 6.09. The van der Waals surface area contributed by atoms with Gasteiger partial charge >= 0.3 is 0 Å². The van der Waals surface area contributed by atoms with Crippen molar-refractivity contribution in [2.24, 2.45) is 0 Å². The molecule has 0 heterocycles. The van der Waals surface area contributed by atoms with E-state index in [1.807, 2.05) is 24.3 Å². The monoisotopic (exact) mass is 438 g/mol. The number of hydrogen-bond donors (Lipinski definition) is 2. The Hall–Kier alpha value is -1.70. The third kappa shape index (κ3) is 5.93. The standard InChI is InChI=1S/C19H23BrN2O3S/c1-3-4-5-15-6-10-17(11-7-15)21-19(23)14(2)22-26(24,25)18-12-8-16(20)9-13-18/h6-14,22H,3-5H2,1-2H3,(H,21,23)/t14-/m1/s1. The van der Waals surface area contributed by atoms with Crippen LogP contribution in [0.5, 0.6) is 0 Å². The van der Waals surface area contributed by atoms with Crippen molar-refractivity contribution in [3.05, 3.63) is 58.6 Å². The van der Waals surface area contributed by atoms with Crippen molar-refractivity contribution >= 4 is 37.5 Å². The molecule has 0 spiro atoms. The summed E-state index contributed by atoms with van der Waals surface area (Å²) in [6.45, 7) is 3.66. The van der Waals surface area contributed by atoms with E-state index >= 15 is 0 Å². The van der Waals surface area contributed by atoms with Crippen molar-refractivity contribution in [2.45, 2.75) is 44.0 Å². The SMILES string of the molecule is CCCCc1ccc(NC(=O)[C@@H](C)NS(=O)(=O)c2ccc(Br)cc2)cc1. The molecule has 2 N–H and O–H groups in total. The molecule has 2 aromatic rings. The normalized spacial score (nSPS) is 12.6. The highest BCUT2D eigenvalue weighted by atomic mass is 79.9. The minimum Gasteiger partial charge on any atom is -0.325 e. The molecule has 0 aliphatic carbocycles. The number of nitrogens with one attached hydrogen (secondary N) is 2. The van der Waals surface area contributed by atoms with Gasteiger partial charge in [-0.05, 0) is 61.7 Å². The third-order valence-corrected chi connectivity index (χ3v) is 5.97. The molecular formula is C19H23BrN2O3S. The van der Waals surface area contributed by atoms with Crippen molar-refractivity contribution in [1.29, 1.82) is 0 Å². The van der Waals surface area contributed by atoms with Crippen molar-refractivity contribution in [3.8, 4) is 0 Å². The molecule has 0 unspecified atom stereocenters.